The van der Waals surface area contributed by atoms with Crippen LogP contribution in [0.5, 0.6) is 0 Å². The second-order valence-corrected chi connectivity index (χ2v) is 6.19. The van der Waals surface area contributed by atoms with Gasteiger partial charge in [-0.1, -0.05) is 0 Å². The maximum atomic E-state index is 12.1. The molecule has 1 amide bonds. The molecular formula is C13H21N3OS. The summed E-state index contributed by atoms with van der Waals surface area (Å²) in [4.78, 5) is 17.7. The molecule has 0 aromatic carbocycles. The van der Waals surface area contributed by atoms with E-state index in [9.17, 15) is 4.79 Å². The van der Waals surface area contributed by atoms with Gasteiger partial charge < -0.3 is 10.6 Å². The fraction of sp³-hybridized carbons (Fsp3) is 0.692. The Morgan fingerprint density at radius 2 is 2.33 bits per heavy atom. The SMILES string of the molecule is Cc1nc(C)c(C(C)NC(=O)[C@H]2CCCNC2)s1. The number of aryl methyl sites for hydroxylation is 2. The number of hydrogen-bond donors (Lipinski definition) is 2. The Morgan fingerprint density at radius 1 is 1.56 bits per heavy atom. The molecule has 1 fully saturated rings. The van der Waals surface area contributed by atoms with Crippen LogP contribution in [0.2, 0.25) is 0 Å². The third-order valence-corrected chi connectivity index (χ3v) is 4.61. The largest absolute Gasteiger partial charge is 0.348 e. The van der Waals surface area contributed by atoms with E-state index < -0.39 is 0 Å². The molecule has 18 heavy (non-hydrogen) atoms. The van der Waals surface area contributed by atoms with Crippen molar-refractivity contribution in [2.45, 2.75) is 39.7 Å². The van der Waals surface area contributed by atoms with Gasteiger partial charge in [-0.15, -0.1) is 11.3 Å². The Balaban J connectivity index is 1.96. The molecule has 0 spiro atoms. The summed E-state index contributed by atoms with van der Waals surface area (Å²) in [5.74, 6) is 0.288. The van der Waals surface area contributed by atoms with E-state index >= 15 is 0 Å². The highest BCUT2D eigenvalue weighted by molar-refractivity contribution is 7.11. The van der Waals surface area contributed by atoms with Gasteiger partial charge in [0.1, 0.15) is 0 Å². The molecule has 4 nitrogen and oxygen atoms in total. The Labute approximate surface area is 112 Å². The van der Waals surface area contributed by atoms with E-state index in [0.717, 1.165) is 36.6 Å². The maximum Gasteiger partial charge on any atom is 0.224 e. The van der Waals surface area contributed by atoms with E-state index in [-0.39, 0.29) is 17.9 Å². The number of rotatable bonds is 3. The van der Waals surface area contributed by atoms with Crippen molar-refractivity contribution in [2.75, 3.05) is 13.1 Å². The van der Waals surface area contributed by atoms with Crippen molar-refractivity contribution in [1.82, 2.24) is 15.6 Å². The number of thiazole rings is 1. The Morgan fingerprint density at radius 3 is 2.89 bits per heavy atom. The van der Waals surface area contributed by atoms with Crippen molar-refractivity contribution in [3.8, 4) is 0 Å². The van der Waals surface area contributed by atoms with Gasteiger partial charge in [0.05, 0.1) is 22.7 Å². The average Bonchev–Trinajstić information content (AvgIpc) is 2.69. The van der Waals surface area contributed by atoms with Gasteiger partial charge in [-0.2, -0.15) is 0 Å². The molecule has 0 bridgehead atoms. The van der Waals surface area contributed by atoms with Gasteiger partial charge in [0.15, 0.2) is 0 Å². The Kier molecular flexibility index (Phi) is 4.35. The fourth-order valence-electron chi connectivity index (χ4n) is 2.42. The minimum absolute atomic E-state index is 0.0608. The van der Waals surface area contributed by atoms with Crippen molar-refractivity contribution in [1.29, 1.82) is 0 Å². The Hall–Kier alpha value is -0.940. The lowest BCUT2D eigenvalue weighted by atomic mass is 9.98. The number of carbonyl (C=O) groups excluding carboxylic acids is 1. The van der Waals surface area contributed by atoms with Gasteiger partial charge >= 0.3 is 0 Å². The molecular weight excluding hydrogens is 246 g/mol. The van der Waals surface area contributed by atoms with Crippen molar-refractivity contribution in [3.63, 3.8) is 0 Å². The van der Waals surface area contributed by atoms with E-state index in [2.05, 4.69) is 15.6 Å². The summed E-state index contributed by atoms with van der Waals surface area (Å²) in [5.41, 5.74) is 1.03. The summed E-state index contributed by atoms with van der Waals surface area (Å²) in [6.45, 7) is 7.88. The first-order valence-electron chi connectivity index (χ1n) is 6.53. The van der Waals surface area contributed by atoms with Crippen LogP contribution in [0, 0.1) is 19.8 Å². The van der Waals surface area contributed by atoms with Crippen LogP contribution in [-0.2, 0) is 4.79 Å². The lowest BCUT2D eigenvalue weighted by molar-refractivity contribution is -0.126. The molecule has 0 saturated carbocycles. The van der Waals surface area contributed by atoms with Crippen LogP contribution in [0.1, 0.15) is 41.4 Å². The molecule has 1 aliphatic heterocycles. The summed E-state index contributed by atoms with van der Waals surface area (Å²) >= 11 is 1.67. The molecule has 1 aliphatic rings. The zero-order chi connectivity index (χ0) is 13.1. The molecule has 5 heteroatoms. The lowest BCUT2D eigenvalue weighted by Gasteiger charge is -2.23. The molecule has 1 aromatic heterocycles. The van der Waals surface area contributed by atoms with Crippen LogP contribution in [0.15, 0.2) is 0 Å². The third-order valence-electron chi connectivity index (χ3n) is 3.36. The highest BCUT2D eigenvalue weighted by Gasteiger charge is 2.23. The molecule has 2 N–H and O–H groups in total. The van der Waals surface area contributed by atoms with E-state index in [4.69, 9.17) is 0 Å². The number of carbonyl (C=O) groups is 1. The summed E-state index contributed by atoms with van der Waals surface area (Å²) in [6.07, 6.45) is 2.08. The Bertz CT molecular complexity index is 424. The summed E-state index contributed by atoms with van der Waals surface area (Å²) in [5, 5.41) is 7.44. The first-order chi connectivity index (χ1) is 8.58. The summed E-state index contributed by atoms with van der Waals surface area (Å²) in [7, 11) is 0. The second-order valence-electron chi connectivity index (χ2n) is 4.96. The average molecular weight is 267 g/mol. The van der Waals surface area contributed by atoms with Crippen molar-refractivity contribution >= 4 is 17.2 Å². The van der Waals surface area contributed by atoms with E-state index in [1.807, 2.05) is 20.8 Å². The van der Waals surface area contributed by atoms with E-state index in [1.165, 1.54) is 4.88 Å². The van der Waals surface area contributed by atoms with E-state index in [1.54, 1.807) is 11.3 Å². The van der Waals surface area contributed by atoms with Crippen molar-refractivity contribution in [2.24, 2.45) is 5.92 Å². The minimum atomic E-state index is 0.0608. The zero-order valence-electron chi connectivity index (χ0n) is 11.2. The third kappa shape index (κ3) is 3.09. The van der Waals surface area contributed by atoms with Gasteiger partial charge in [0, 0.05) is 11.4 Å². The van der Waals surface area contributed by atoms with Gasteiger partial charge in [-0.3, -0.25) is 4.79 Å². The number of amides is 1. The predicted molar refractivity (Wildman–Crippen MR) is 73.7 cm³/mol. The maximum absolute atomic E-state index is 12.1. The number of nitrogens with zero attached hydrogens (tertiary/aromatic N) is 1. The fourth-order valence-corrected chi connectivity index (χ4v) is 3.35. The first kappa shape index (κ1) is 13.5. The summed E-state index contributed by atoms with van der Waals surface area (Å²) < 4.78 is 0. The van der Waals surface area contributed by atoms with E-state index in [0.29, 0.717) is 0 Å². The second kappa shape index (κ2) is 5.80. The van der Waals surface area contributed by atoms with Gasteiger partial charge in [-0.25, -0.2) is 4.98 Å². The van der Waals surface area contributed by atoms with Crippen LogP contribution in [0.3, 0.4) is 0 Å². The highest BCUT2D eigenvalue weighted by atomic mass is 32.1. The first-order valence-corrected chi connectivity index (χ1v) is 7.34. The topological polar surface area (TPSA) is 54.0 Å². The molecule has 2 atom stereocenters. The molecule has 1 unspecified atom stereocenters. The molecule has 100 valence electrons. The van der Waals surface area contributed by atoms with Crippen molar-refractivity contribution < 1.29 is 4.79 Å². The highest BCUT2D eigenvalue weighted by Crippen LogP contribution is 2.25. The lowest BCUT2D eigenvalue weighted by Crippen LogP contribution is -2.41. The van der Waals surface area contributed by atoms with Gasteiger partial charge in [0.25, 0.3) is 0 Å². The van der Waals surface area contributed by atoms with Gasteiger partial charge in [0.2, 0.25) is 5.91 Å². The van der Waals surface area contributed by atoms with Crippen LogP contribution >= 0.6 is 11.3 Å². The number of aromatic nitrogens is 1. The van der Waals surface area contributed by atoms with Gasteiger partial charge in [-0.05, 0) is 40.2 Å². The minimum Gasteiger partial charge on any atom is -0.348 e. The van der Waals surface area contributed by atoms with Crippen LogP contribution in [-0.4, -0.2) is 24.0 Å². The molecule has 1 saturated heterocycles. The normalized spacial score (nSPS) is 21.6. The van der Waals surface area contributed by atoms with Crippen molar-refractivity contribution in [3.05, 3.63) is 15.6 Å². The molecule has 0 radical (unpaired) electrons. The molecule has 1 aromatic rings. The quantitative estimate of drug-likeness (QED) is 0.880. The van der Waals surface area contributed by atoms with Crippen LogP contribution in [0.4, 0.5) is 0 Å². The zero-order valence-corrected chi connectivity index (χ0v) is 12.1. The smallest absolute Gasteiger partial charge is 0.224 e. The molecule has 0 aliphatic carbocycles. The van der Waals surface area contributed by atoms with Crippen LogP contribution < -0.4 is 10.6 Å². The number of hydrogen-bond acceptors (Lipinski definition) is 4. The molecule has 2 heterocycles. The number of nitrogens with one attached hydrogen (secondary N) is 2. The molecule has 2 rings (SSSR count). The monoisotopic (exact) mass is 267 g/mol. The standard InChI is InChI=1S/C13H21N3OS/c1-8-12(18-10(3)15-8)9(2)16-13(17)11-5-4-6-14-7-11/h9,11,14H,4-7H2,1-3H3,(H,16,17)/t9?,11-/m0/s1. The summed E-state index contributed by atoms with van der Waals surface area (Å²) in [6, 6.07) is 0.0608. The number of piperidine rings is 1. The predicted octanol–water partition coefficient (Wildman–Crippen LogP) is 1.94. The van der Waals surface area contributed by atoms with Crippen LogP contribution in [0.25, 0.3) is 0 Å².